The summed E-state index contributed by atoms with van der Waals surface area (Å²) in [5, 5.41) is 3.80. The van der Waals surface area contributed by atoms with E-state index in [1.807, 2.05) is 24.3 Å². The monoisotopic (exact) mass is 360 g/mol. The summed E-state index contributed by atoms with van der Waals surface area (Å²) < 4.78 is 26.4. The van der Waals surface area contributed by atoms with Crippen LogP contribution in [0.1, 0.15) is 19.3 Å². The second-order valence-electron chi connectivity index (χ2n) is 6.09. The number of hydrogen-bond donors (Lipinski definition) is 1. The Balaban J connectivity index is 1.48. The van der Waals surface area contributed by atoms with Crippen LogP contribution in [0.15, 0.2) is 29.2 Å². The fourth-order valence-electron chi connectivity index (χ4n) is 3.01. The molecule has 0 aromatic heterocycles. The minimum Gasteiger partial charge on any atom is -0.341 e. The number of halogens is 3. The predicted molar refractivity (Wildman–Crippen MR) is 88.3 cm³/mol. The van der Waals surface area contributed by atoms with Crippen LogP contribution in [0.5, 0.6) is 0 Å². The quantitative estimate of drug-likeness (QED) is 0.896. The van der Waals surface area contributed by atoms with Gasteiger partial charge in [0, 0.05) is 34.7 Å². The predicted octanol–water partition coefficient (Wildman–Crippen LogP) is 3.42. The summed E-state index contributed by atoms with van der Waals surface area (Å²) in [6, 6.07) is 7.00. The number of thioether (sulfide) groups is 1. The van der Waals surface area contributed by atoms with E-state index in [4.69, 9.17) is 11.6 Å². The molecule has 2 aliphatic rings. The highest BCUT2D eigenvalue weighted by atomic mass is 35.5. The summed E-state index contributed by atoms with van der Waals surface area (Å²) >= 11 is 7.66. The molecule has 0 radical (unpaired) electrons. The van der Waals surface area contributed by atoms with Gasteiger partial charge in [0.15, 0.2) is 0 Å². The van der Waals surface area contributed by atoms with Crippen molar-refractivity contribution in [2.75, 3.05) is 19.6 Å². The van der Waals surface area contributed by atoms with Gasteiger partial charge in [0.2, 0.25) is 5.91 Å². The number of amides is 1. The summed E-state index contributed by atoms with van der Waals surface area (Å²) in [5.41, 5.74) is 0. The van der Waals surface area contributed by atoms with Crippen LogP contribution in [-0.4, -0.2) is 47.7 Å². The molecule has 7 heteroatoms. The van der Waals surface area contributed by atoms with Crippen LogP contribution in [-0.2, 0) is 4.79 Å². The molecule has 1 aromatic carbocycles. The molecule has 3 rings (SSSR count). The van der Waals surface area contributed by atoms with E-state index < -0.39 is 18.5 Å². The molecule has 2 aliphatic heterocycles. The Morgan fingerprint density at radius 3 is 2.48 bits per heavy atom. The van der Waals surface area contributed by atoms with E-state index in [9.17, 15) is 13.6 Å². The zero-order valence-corrected chi connectivity index (χ0v) is 14.2. The van der Waals surface area contributed by atoms with Crippen LogP contribution in [0.4, 0.5) is 8.78 Å². The second-order valence-corrected chi connectivity index (χ2v) is 7.90. The standard InChI is InChI=1S/C16H19ClF2N2OS/c17-11-1-3-12(4-2-11)23-13-5-7-21(8-6-13)15(22)14-9-16(18,19)10-20-14/h1-4,13-14,20H,5-10H2. The molecule has 0 aliphatic carbocycles. The van der Waals surface area contributed by atoms with E-state index in [0.29, 0.717) is 18.3 Å². The molecule has 126 valence electrons. The molecule has 1 atom stereocenters. The van der Waals surface area contributed by atoms with Crippen molar-refractivity contribution < 1.29 is 13.6 Å². The average molecular weight is 361 g/mol. The first-order valence-corrected chi connectivity index (χ1v) is 9.01. The maximum absolute atomic E-state index is 13.2. The maximum Gasteiger partial charge on any atom is 0.262 e. The SMILES string of the molecule is O=C(C1CC(F)(F)CN1)N1CCC(Sc2ccc(Cl)cc2)CC1. The topological polar surface area (TPSA) is 32.3 Å². The average Bonchev–Trinajstić information content (AvgIpc) is 2.90. The van der Waals surface area contributed by atoms with Crippen LogP contribution in [0.3, 0.4) is 0 Å². The Morgan fingerprint density at radius 2 is 1.91 bits per heavy atom. The number of carbonyl (C=O) groups excluding carboxylic acids is 1. The Labute approximate surface area is 143 Å². The molecule has 0 bridgehead atoms. The van der Waals surface area contributed by atoms with Gasteiger partial charge in [0.05, 0.1) is 12.6 Å². The van der Waals surface area contributed by atoms with Crippen molar-refractivity contribution in [3.63, 3.8) is 0 Å². The van der Waals surface area contributed by atoms with Gasteiger partial charge in [0.25, 0.3) is 5.92 Å². The Bertz CT molecular complexity index is 562. The normalized spacial score (nSPS) is 24.8. The molecule has 2 heterocycles. The highest BCUT2D eigenvalue weighted by molar-refractivity contribution is 8.00. The Kier molecular flexibility index (Phi) is 5.13. The van der Waals surface area contributed by atoms with Crippen LogP contribution in [0.2, 0.25) is 5.02 Å². The zero-order chi connectivity index (χ0) is 16.4. The van der Waals surface area contributed by atoms with Gasteiger partial charge in [0.1, 0.15) is 0 Å². The number of rotatable bonds is 3. The third-order valence-electron chi connectivity index (χ3n) is 4.28. The van der Waals surface area contributed by atoms with Crippen molar-refractivity contribution in [2.24, 2.45) is 0 Å². The minimum atomic E-state index is -2.76. The van der Waals surface area contributed by atoms with Gasteiger partial charge in [-0.3, -0.25) is 10.1 Å². The lowest BCUT2D eigenvalue weighted by Crippen LogP contribution is -2.47. The highest BCUT2D eigenvalue weighted by Gasteiger charge is 2.43. The number of piperidine rings is 1. The fourth-order valence-corrected chi connectivity index (χ4v) is 4.26. The lowest BCUT2D eigenvalue weighted by Gasteiger charge is -2.33. The zero-order valence-electron chi connectivity index (χ0n) is 12.6. The minimum absolute atomic E-state index is 0.183. The number of likely N-dealkylation sites (tertiary alicyclic amines) is 1. The summed E-state index contributed by atoms with van der Waals surface area (Å²) in [6.45, 7) is 0.869. The van der Waals surface area contributed by atoms with Crippen LogP contribution in [0, 0.1) is 0 Å². The number of benzene rings is 1. The van der Waals surface area contributed by atoms with Gasteiger partial charge in [-0.1, -0.05) is 11.6 Å². The summed E-state index contributed by atoms with van der Waals surface area (Å²) in [5.74, 6) is -2.94. The van der Waals surface area contributed by atoms with Crippen LogP contribution in [0.25, 0.3) is 0 Å². The van der Waals surface area contributed by atoms with E-state index in [0.717, 1.165) is 22.8 Å². The van der Waals surface area contributed by atoms with Crippen molar-refractivity contribution >= 4 is 29.3 Å². The van der Waals surface area contributed by atoms with Crippen molar-refractivity contribution in [2.45, 2.75) is 41.4 Å². The Morgan fingerprint density at radius 1 is 1.26 bits per heavy atom. The van der Waals surface area contributed by atoms with E-state index in [1.54, 1.807) is 16.7 Å². The molecular weight excluding hydrogens is 342 g/mol. The number of nitrogens with one attached hydrogen (secondary N) is 1. The summed E-state index contributed by atoms with van der Waals surface area (Å²) in [4.78, 5) is 15.2. The third-order valence-corrected chi connectivity index (χ3v) is 5.88. The smallest absolute Gasteiger partial charge is 0.262 e. The maximum atomic E-state index is 13.2. The molecule has 2 fully saturated rings. The lowest BCUT2D eigenvalue weighted by molar-refractivity contribution is -0.134. The molecule has 23 heavy (non-hydrogen) atoms. The highest BCUT2D eigenvalue weighted by Crippen LogP contribution is 2.32. The van der Waals surface area contributed by atoms with E-state index in [-0.39, 0.29) is 12.3 Å². The molecule has 0 saturated carbocycles. The third kappa shape index (κ3) is 4.37. The van der Waals surface area contributed by atoms with Gasteiger partial charge in [-0.05, 0) is 37.1 Å². The van der Waals surface area contributed by atoms with Crippen molar-refractivity contribution in [1.82, 2.24) is 10.2 Å². The van der Waals surface area contributed by atoms with E-state index >= 15 is 0 Å². The summed E-state index contributed by atoms with van der Waals surface area (Å²) in [6.07, 6.45) is 1.37. The number of carbonyl (C=O) groups is 1. The lowest BCUT2D eigenvalue weighted by atomic mass is 10.1. The largest absolute Gasteiger partial charge is 0.341 e. The number of nitrogens with zero attached hydrogens (tertiary/aromatic N) is 1. The molecular formula is C16H19ClF2N2OS. The van der Waals surface area contributed by atoms with Gasteiger partial charge in [-0.15, -0.1) is 11.8 Å². The van der Waals surface area contributed by atoms with Crippen LogP contribution < -0.4 is 5.32 Å². The first kappa shape index (κ1) is 17.0. The molecule has 1 unspecified atom stereocenters. The first-order chi connectivity index (χ1) is 10.9. The molecule has 2 saturated heterocycles. The van der Waals surface area contributed by atoms with Crippen molar-refractivity contribution in [3.05, 3.63) is 29.3 Å². The Hall–Kier alpha value is -0.850. The number of hydrogen-bond acceptors (Lipinski definition) is 3. The van der Waals surface area contributed by atoms with Gasteiger partial charge < -0.3 is 4.90 Å². The summed E-state index contributed by atoms with van der Waals surface area (Å²) in [7, 11) is 0. The van der Waals surface area contributed by atoms with E-state index in [2.05, 4.69) is 5.32 Å². The molecule has 1 amide bonds. The van der Waals surface area contributed by atoms with E-state index in [1.165, 1.54) is 0 Å². The fraction of sp³-hybridized carbons (Fsp3) is 0.562. The molecule has 0 spiro atoms. The second kappa shape index (κ2) is 6.95. The number of alkyl halides is 2. The first-order valence-electron chi connectivity index (χ1n) is 7.75. The molecule has 1 aromatic rings. The van der Waals surface area contributed by atoms with Gasteiger partial charge in [-0.25, -0.2) is 8.78 Å². The van der Waals surface area contributed by atoms with Crippen molar-refractivity contribution in [3.8, 4) is 0 Å². The van der Waals surface area contributed by atoms with Crippen LogP contribution >= 0.6 is 23.4 Å². The van der Waals surface area contributed by atoms with Gasteiger partial charge in [-0.2, -0.15) is 0 Å². The molecule has 1 N–H and O–H groups in total. The van der Waals surface area contributed by atoms with Gasteiger partial charge >= 0.3 is 0 Å². The molecule has 3 nitrogen and oxygen atoms in total. The van der Waals surface area contributed by atoms with Crippen molar-refractivity contribution in [1.29, 1.82) is 0 Å².